The van der Waals surface area contributed by atoms with Crippen LogP contribution in [0.3, 0.4) is 0 Å². The van der Waals surface area contributed by atoms with Crippen molar-refractivity contribution in [3.63, 3.8) is 0 Å². The summed E-state index contributed by atoms with van der Waals surface area (Å²) >= 11 is 0. The van der Waals surface area contributed by atoms with Crippen LogP contribution in [0.5, 0.6) is 0 Å². The quantitative estimate of drug-likeness (QED) is 0.850. The lowest BCUT2D eigenvalue weighted by atomic mass is 9.82. The lowest BCUT2D eigenvalue weighted by Gasteiger charge is -2.45. The summed E-state index contributed by atoms with van der Waals surface area (Å²) in [4.78, 5) is 24.5. The van der Waals surface area contributed by atoms with Gasteiger partial charge in [0.25, 0.3) is 0 Å². The van der Waals surface area contributed by atoms with Crippen molar-refractivity contribution in [3.8, 4) is 11.4 Å². The zero-order valence-electron chi connectivity index (χ0n) is 16.8. The molecule has 1 amide bonds. The Kier molecular flexibility index (Phi) is 4.63. The molecule has 2 aliphatic heterocycles. The molecule has 1 saturated heterocycles. The van der Waals surface area contributed by atoms with Crippen molar-refractivity contribution in [1.82, 2.24) is 14.9 Å². The summed E-state index contributed by atoms with van der Waals surface area (Å²) < 4.78 is 6.34. The molecule has 2 N–H and O–H groups in total. The Labute approximate surface area is 171 Å². The number of hydrogen-bond donors (Lipinski definition) is 1. The predicted octanol–water partition coefficient (Wildman–Crippen LogP) is 2.81. The fraction of sp³-hybridized carbons (Fsp3) is 0.522. The van der Waals surface area contributed by atoms with Gasteiger partial charge in [0.1, 0.15) is 5.60 Å². The summed E-state index contributed by atoms with van der Waals surface area (Å²) in [7, 11) is 0. The highest BCUT2D eigenvalue weighted by molar-refractivity contribution is 5.86. The highest BCUT2D eigenvalue weighted by Gasteiger charge is 2.46. The van der Waals surface area contributed by atoms with Gasteiger partial charge in [0.05, 0.1) is 17.8 Å². The van der Waals surface area contributed by atoms with Crippen molar-refractivity contribution < 1.29 is 9.53 Å². The van der Waals surface area contributed by atoms with Crippen LogP contribution in [-0.4, -0.2) is 46.0 Å². The third-order valence-corrected chi connectivity index (χ3v) is 6.86. The van der Waals surface area contributed by atoms with E-state index in [4.69, 9.17) is 15.5 Å². The van der Waals surface area contributed by atoms with Gasteiger partial charge in [0.2, 0.25) is 5.91 Å². The maximum atomic E-state index is 13.0. The van der Waals surface area contributed by atoms with E-state index in [1.54, 1.807) is 0 Å². The largest absolute Gasteiger partial charge is 0.368 e. The van der Waals surface area contributed by atoms with Crippen molar-refractivity contribution >= 4 is 5.91 Å². The summed E-state index contributed by atoms with van der Waals surface area (Å²) in [5, 5.41) is 0. The minimum absolute atomic E-state index is 0.119. The van der Waals surface area contributed by atoms with Crippen LogP contribution in [0.2, 0.25) is 0 Å². The highest BCUT2D eigenvalue weighted by Crippen LogP contribution is 2.41. The highest BCUT2D eigenvalue weighted by atomic mass is 16.5. The number of rotatable bonds is 2. The first-order valence-corrected chi connectivity index (χ1v) is 10.7. The van der Waals surface area contributed by atoms with Crippen molar-refractivity contribution in [2.45, 2.75) is 56.1 Å². The van der Waals surface area contributed by atoms with Crippen molar-refractivity contribution in [3.05, 3.63) is 47.8 Å². The van der Waals surface area contributed by atoms with Gasteiger partial charge < -0.3 is 15.4 Å². The molecule has 1 aromatic carbocycles. The van der Waals surface area contributed by atoms with Crippen LogP contribution in [0.4, 0.5) is 0 Å². The van der Waals surface area contributed by atoms with Gasteiger partial charge in [0.15, 0.2) is 5.82 Å². The molecule has 0 bridgehead atoms. The third-order valence-electron chi connectivity index (χ3n) is 6.86. The minimum Gasteiger partial charge on any atom is -0.368 e. The summed E-state index contributed by atoms with van der Waals surface area (Å²) in [5.74, 6) is 0.855. The van der Waals surface area contributed by atoms with E-state index >= 15 is 0 Å². The lowest BCUT2D eigenvalue weighted by Crippen LogP contribution is -2.57. The Bertz CT molecular complexity index is 900. The SMILES string of the molecule is NC1(C(=O)N2CCC3(CC2)OCCc2cnc(-c4ccccc4)nc23)CCCC1. The standard InChI is InChI=1S/C23H28N4O2/c24-22(9-4-5-10-22)21(28)27-13-11-23(12-14-27)19-18(8-15-29-23)16-25-20(26-19)17-6-2-1-3-7-17/h1-3,6-7,16H,4-5,8-15,24H2. The number of hydrogen-bond acceptors (Lipinski definition) is 5. The topological polar surface area (TPSA) is 81.3 Å². The van der Waals surface area contributed by atoms with E-state index < -0.39 is 11.1 Å². The molecule has 3 aliphatic rings. The van der Waals surface area contributed by atoms with Crippen LogP contribution < -0.4 is 5.73 Å². The van der Waals surface area contributed by atoms with Crippen molar-refractivity contribution in [1.29, 1.82) is 0 Å². The molecule has 3 heterocycles. The second-order valence-electron chi connectivity index (χ2n) is 8.68. The molecular weight excluding hydrogens is 364 g/mol. The second-order valence-corrected chi connectivity index (χ2v) is 8.68. The van der Waals surface area contributed by atoms with Gasteiger partial charge in [-0.15, -0.1) is 0 Å². The number of nitrogens with two attached hydrogens (primary N) is 1. The molecule has 1 saturated carbocycles. The molecule has 0 atom stereocenters. The lowest BCUT2D eigenvalue weighted by molar-refractivity contribution is -0.146. The van der Waals surface area contributed by atoms with Gasteiger partial charge in [-0.3, -0.25) is 4.79 Å². The van der Waals surface area contributed by atoms with Gasteiger partial charge in [-0.25, -0.2) is 9.97 Å². The molecule has 1 aliphatic carbocycles. The van der Waals surface area contributed by atoms with Crippen LogP contribution in [0.25, 0.3) is 11.4 Å². The molecule has 2 fully saturated rings. The Balaban J connectivity index is 1.40. The number of piperidine rings is 1. The van der Waals surface area contributed by atoms with Gasteiger partial charge in [-0.05, 0) is 37.7 Å². The number of amides is 1. The number of fused-ring (bicyclic) bond motifs is 2. The van der Waals surface area contributed by atoms with Crippen LogP contribution in [-0.2, 0) is 21.6 Å². The Morgan fingerprint density at radius 3 is 2.52 bits per heavy atom. The van der Waals surface area contributed by atoms with Gasteiger partial charge in [-0.2, -0.15) is 0 Å². The zero-order valence-corrected chi connectivity index (χ0v) is 16.8. The summed E-state index contributed by atoms with van der Waals surface area (Å²) in [6, 6.07) is 10.1. The molecule has 6 nitrogen and oxygen atoms in total. The first-order valence-electron chi connectivity index (χ1n) is 10.7. The molecule has 1 aromatic heterocycles. The third kappa shape index (κ3) is 3.24. The number of nitrogens with zero attached hydrogens (tertiary/aromatic N) is 3. The molecule has 152 valence electrons. The van der Waals surface area contributed by atoms with Gasteiger partial charge >= 0.3 is 0 Å². The van der Waals surface area contributed by atoms with E-state index in [2.05, 4.69) is 4.98 Å². The molecule has 2 aromatic rings. The maximum absolute atomic E-state index is 13.0. The summed E-state index contributed by atoms with van der Waals surface area (Å²) in [6.07, 6.45) is 8.02. The van der Waals surface area contributed by atoms with E-state index in [0.717, 1.165) is 62.0 Å². The number of likely N-dealkylation sites (tertiary alicyclic amines) is 1. The van der Waals surface area contributed by atoms with Crippen LogP contribution >= 0.6 is 0 Å². The molecule has 6 heteroatoms. The molecule has 5 rings (SSSR count). The fourth-order valence-corrected chi connectivity index (χ4v) is 5.12. The predicted molar refractivity (Wildman–Crippen MR) is 110 cm³/mol. The van der Waals surface area contributed by atoms with Crippen molar-refractivity contribution in [2.75, 3.05) is 19.7 Å². The fourth-order valence-electron chi connectivity index (χ4n) is 5.12. The number of carbonyl (C=O) groups excluding carboxylic acids is 1. The average Bonchev–Trinajstić information content (AvgIpc) is 3.22. The van der Waals surface area contributed by atoms with Gasteiger partial charge in [0, 0.05) is 24.8 Å². The Morgan fingerprint density at radius 1 is 1.07 bits per heavy atom. The van der Waals surface area contributed by atoms with Crippen molar-refractivity contribution in [2.24, 2.45) is 5.73 Å². The smallest absolute Gasteiger partial charge is 0.242 e. The normalized spacial score (nSPS) is 22.4. The first-order chi connectivity index (χ1) is 14.1. The van der Waals surface area contributed by atoms with Gasteiger partial charge in [-0.1, -0.05) is 43.2 Å². The number of aromatic nitrogens is 2. The molecule has 29 heavy (non-hydrogen) atoms. The molecule has 0 unspecified atom stereocenters. The maximum Gasteiger partial charge on any atom is 0.242 e. The minimum atomic E-state index is -0.654. The molecule has 0 radical (unpaired) electrons. The molecular formula is C23H28N4O2. The number of benzene rings is 1. The van der Waals surface area contributed by atoms with Crippen LogP contribution in [0, 0.1) is 0 Å². The monoisotopic (exact) mass is 392 g/mol. The van der Waals surface area contributed by atoms with E-state index in [-0.39, 0.29) is 5.91 Å². The second kappa shape index (κ2) is 7.18. The average molecular weight is 393 g/mol. The van der Waals surface area contributed by atoms with Crippen LogP contribution in [0.1, 0.15) is 49.8 Å². The molecule has 1 spiro atoms. The number of ether oxygens (including phenoxy) is 1. The van der Waals surface area contributed by atoms with Crippen LogP contribution in [0.15, 0.2) is 36.5 Å². The van der Waals surface area contributed by atoms with E-state index in [9.17, 15) is 4.79 Å². The first kappa shape index (κ1) is 18.7. The summed E-state index contributed by atoms with van der Waals surface area (Å²) in [6.45, 7) is 2.01. The van der Waals surface area contributed by atoms with E-state index in [1.807, 2.05) is 41.4 Å². The zero-order chi connectivity index (χ0) is 19.9. The number of carbonyl (C=O) groups is 1. The Hall–Kier alpha value is -2.31. The summed E-state index contributed by atoms with van der Waals surface area (Å²) in [5.41, 5.74) is 8.53. The van der Waals surface area contributed by atoms with E-state index in [1.165, 1.54) is 5.56 Å². The van der Waals surface area contributed by atoms with E-state index in [0.29, 0.717) is 19.7 Å². The Morgan fingerprint density at radius 2 is 1.79 bits per heavy atom.